The summed E-state index contributed by atoms with van der Waals surface area (Å²) in [5.74, 6) is 0.101. The van der Waals surface area contributed by atoms with Crippen LogP contribution in [0, 0.1) is 5.92 Å². The molecular formula is C17H29N3O2. The fourth-order valence-electron chi connectivity index (χ4n) is 3.25. The average Bonchev–Trinajstić information content (AvgIpc) is 2.70. The molecule has 1 fully saturated rings. The lowest BCUT2D eigenvalue weighted by Crippen LogP contribution is -2.41. The maximum absolute atomic E-state index is 12.7. The van der Waals surface area contributed by atoms with Gasteiger partial charge in [0.1, 0.15) is 0 Å². The summed E-state index contributed by atoms with van der Waals surface area (Å²) in [7, 11) is 1.84. The first kappa shape index (κ1) is 17.0. The van der Waals surface area contributed by atoms with Gasteiger partial charge in [0.25, 0.3) is 5.91 Å². The molecule has 5 nitrogen and oxygen atoms in total. The van der Waals surface area contributed by atoms with Crippen molar-refractivity contribution >= 4 is 5.91 Å². The van der Waals surface area contributed by atoms with Crippen molar-refractivity contribution in [1.29, 1.82) is 0 Å². The number of aryl methyl sites for hydroxylation is 1. The summed E-state index contributed by atoms with van der Waals surface area (Å²) in [6.07, 6.45) is 7.16. The van der Waals surface area contributed by atoms with Crippen molar-refractivity contribution in [2.24, 2.45) is 13.0 Å². The van der Waals surface area contributed by atoms with Crippen LogP contribution in [0.5, 0.6) is 0 Å². The molecular weight excluding hydrogens is 278 g/mol. The number of carbonyl (C=O) groups is 1. The molecule has 2 atom stereocenters. The molecule has 1 aromatic heterocycles. The molecule has 1 aromatic rings. The second kappa shape index (κ2) is 6.82. The predicted molar refractivity (Wildman–Crippen MR) is 86.8 cm³/mol. The van der Waals surface area contributed by atoms with Gasteiger partial charge in [-0.15, -0.1) is 0 Å². The summed E-state index contributed by atoms with van der Waals surface area (Å²) in [6, 6.07) is 0.0630. The minimum absolute atomic E-state index is 0.0630. The van der Waals surface area contributed by atoms with Gasteiger partial charge in [-0.05, 0) is 12.8 Å². The summed E-state index contributed by atoms with van der Waals surface area (Å²) in [5, 5.41) is 17.2. The Morgan fingerprint density at radius 1 is 1.36 bits per heavy atom. The number of amides is 1. The van der Waals surface area contributed by atoms with Gasteiger partial charge in [0, 0.05) is 37.2 Å². The largest absolute Gasteiger partial charge is 0.396 e. The van der Waals surface area contributed by atoms with Crippen LogP contribution in [-0.2, 0) is 12.5 Å². The predicted octanol–water partition coefficient (Wildman–Crippen LogP) is 2.39. The van der Waals surface area contributed by atoms with Crippen molar-refractivity contribution in [3.63, 3.8) is 0 Å². The third kappa shape index (κ3) is 3.88. The highest BCUT2D eigenvalue weighted by atomic mass is 16.3. The Balaban J connectivity index is 2.18. The van der Waals surface area contributed by atoms with Crippen LogP contribution in [-0.4, -0.2) is 33.4 Å². The van der Waals surface area contributed by atoms with Crippen molar-refractivity contribution in [2.45, 2.75) is 64.3 Å². The van der Waals surface area contributed by atoms with Crippen LogP contribution in [0.3, 0.4) is 0 Å². The standard InChI is InChI=1S/C17H29N3O2/c1-17(2,3)15-13(10-20(4)19-15)16(22)18-14-9-7-5-6-8-12(14)11-21/h10,12,14,21H,5-9,11H2,1-4H3,(H,18,22). The monoisotopic (exact) mass is 307 g/mol. The minimum atomic E-state index is -0.173. The molecule has 5 heteroatoms. The first-order valence-electron chi connectivity index (χ1n) is 8.28. The van der Waals surface area contributed by atoms with E-state index in [0.29, 0.717) is 5.56 Å². The van der Waals surface area contributed by atoms with Gasteiger partial charge >= 0.3 is 0 Å². The Morgan fingerprint density at radius 2 is 2.05 bits per heavy atom. The number of aliphatic hydroxyl groups is 1. The maximum atomic E-state index is 12.7. The van der Waals surface area contributed by atoms with Crippen molar-refractivity contribution in [1.82, 2.24) is 15.1 Å². The molecule has 124 valence electrons. The number of hydrogen-bond donors (Lipinski definition) is 2. The van der Waals surface area contributed by atoms with E-state index in [0.717, 1.165) is 31.4 Å². The van der Waals surface area contributed by atoms with Gasteiger partial charge < -0.3 is 10.4 Å². The second-order valence-corrected chi connectivity index (χ2v) is 7.48. The number of nitrogens with zero attached hydrogens (tertiary/aromatic N) is 2. The Morgan fingerprint density at radius 3 is 2.68 bits per heavy atom. The van der Waals surface area contributed by atoms with Crippen LogP contribution >= 0.6 is 0 Å². The molecule has 0 aromatic carbocycles. The molecule has 0 radical (unpaired) electrons. The molecule has 1 saturated carbocycles. The van der Waals surface area contributed by atoms with Crippen LogP contribution in [0.25, 0.3) is 0 Å². The summed E-state index contributed by atoms with van der Waals surface area (Å²) in [5.41, 5.74) is 1.30. The van der Waals surface area contributed by atoms with Crippen molar-refractivity contribution in [3.8, 4) is 0 Å². The van der Waals surface area contributed by atoms with Crippen LogP contribution in [0.4, 0.5) is 0 Å². The molecule has 22 heavy (non-hydrogen) atoms. The van der Waals surface area contributed by atoms with Gasteiger partial charge in [-0.1, -0.05) is 40.0 Å². The number of aromatic nitrogens is 2. The first-order chi connectivity index (χ1) is 10.3. The molecule has 0 bridgehead atoms. The van der Waals surface area contributed by atoms with E-state index in [-0.39, 0.29) is 29.9 Å². The lowest BCUT2D eigenvalue weighted by atomic mass is 9.89. The number of rotatable bonds is 3. The van der Waals surface area contributed by atoms with E-state index in [1.165, 1.54) is 6.42 Å². The van der Waals surface area contributed by atoms with E-state index in [1.54, 1.807) is 10.9 Å². The lowest BCUT2D eigenvalue weighted by Gasteiger charge is -2.25. The van der Waals surface area contributed by atoms with Gasteiger partial charge in [0.2, 0.25) is 0 Å². The minimum Gasteiger partial charge on any atom is -0.396 e. The fraction of sp³-hybridized carbons (Fsp3) is 0.765. The zero-order valence-corrected chi connectivity index (χ0v) is 14.2. The van der Waals surface area contributed by atoms with Gasteiger partial charge in [0.15, 0.2) is 0 Å². The molecule has 1 heterocycles. The third-order valence-corrected chi connectivity index (χ3v) is 4.49. The number of aliphatic hydroxyl groups excluding tert-OH is 1. The summed E-state index contributed by atoms with van der Waals surface area (Å²) in [4.78, 5) is 12.7. The number of carbonyl (C=O) groups excluding carboxylic acids is 1. The number of hydrogen-bond acceptors (Lipinski definition) is 3. The van der Waals surface area contributed by atoms with E-state index >= 15 is 0 Å². The van der Waals surface area contributed by atoms with Gasteiger partial charge in [-0.3, -0.25) is 9.48 Å². The highest BCUT2D eigenvalue weighted by molar-refractivity contribution is 5.95. The molecule has 1 amide bonds. The molecule has 2 unspecified atom stereocenters. The molecule has 0 spiro atoms. The van der Waals surface area contributed by atoms with Crippen LogP contribution in [0.2, 0.25) is 0 Å². The normalized spacial score (nSPS) is 23.1. The van der Waals surface area contributed by atoms with E-state index in [2.05, 4.69) is 31.2 Å². The first-order valence-corrected chi connectivity index (χ1v) is 8.28. The lowest BCUT2D eigenvalue weighted by molar-refractivity contribution is 0.0897. The molecule has 0 aliphatic heterocycles. The fourth-order valence-corrected chi connectivity index (χ4v) is 3.25. The van der Waals surface area contributed by atoms with Crippen molar-refractivity contribution < 1.29 is 9.90 Å². The summed E-state index contributed by atoms with van der Waals surface area (Å²) in [6.45, 7) is 6.33. The van der Waals surface area contributed by atoms with Gasteiger partial charge in [-0.25, -0.2) is 0 Å². The highest BCUT2D eigenvalue weighted by Crippen LogP contribution is 2.26. The highest BCUT2D eigenvalue weighted by Gasteiger charge is 2.29. The molecule has 0 saturated heterocycles. The molecule has 2 N–H and O–H groups in total. The third-order valence-electron chi connectivity index (χ3n) is 4.49. The maximum Gasteiger partial charge on any atom is 0.255 e. The van der Waals surface area contributed by atoms with E-state index in [1.807, 2.05) is 7.05 Å². The van der Waals surface area contributed by atoms with Crippen LogP contribution in [0.15, 0.2) is 6.20 Å². The van der Waals surface area contributed by atoms with Crippen LogP contribution < -0.4 is 5.32 Å². The average molecular weight is 307 g/mol. The molecule has 1 aliphatic rings. The van der Waals surface area contributed by atoms with Gasteiger partial charge in [-0.2, -0.15) is 5.10 Å². The Kier molecular flexibility index (Phi) is 5.27. The smallest absolute Gasteiger partial charge is 0.255 e. The molecule has 2 rings (SSSR count). The Labute approximate surface area is 133 Å². The molecule has 1 aliphatic carbocycles. The van der Waals surface area contributed by atoms with E-state index < -0.39 is 0 Å². The number of nitrogens with one attached hydrogen (secondary N) is 1. The van der Waals surface area contributed by atoms with Gasteiger partial charge in [0.05, 0.1) is 11.3 Å². The topological polar surface area (TPSA) is 67.2 Å². The van der Waals surface area contributed by atoms with Crippen LogP contribution in [0.1, 0.15) is 68.9 Å². The Hall–Kier alpha value is -1.36. The SMILES string of the molecule is Cn1cc(C(=O)NC2CCCCCC2CO)c(C(C)(C)C)n1. The van der Waals surface area contributed by atoms with E-state index in [9.17, 15) is 9.90 Å². The summed E-state index contributed by atoms with van der Waals surface area (Å²) >= 11 is 0. The quantitative estimate of drug-likeness (QED) is 0.843. The zero-order chi connectivity index (χ0) is 16.3. The second-order valence-electron chi connectivity index (χ2n) is 7.48. The van der Waals surface area contributed by atoms with Crippen molar-refractivity contribution in [2.75, 3.05) is 6.61 Å². The summed E-state index contributed by atoms with van der Waals surface area (Å²) < 4.78 is 1.70. The van der Waals surface area contributed by atoms with Crippen molar-refractivity contribution in [3.05, 3.63) is 17.5 Å². The Bertz CT molecular complexity index is 516. The van der Waals surface area contributed by atoms with E-state index in [4.69, 9.17) is 0 Å². The zero-order valence-electron chi connectivity index (χ0n) is 14.2.